The highest BCUT2D eigenvalue weighted by atomic mass is 35.5. The maximum absolute atomic E-state index is 10.4. The third kappa shape index (κ3) is 4.03. The molecule has 0 rings (SSSR count). The fourth-order valence-electron chi connectivity index (χ4n) is 0.243. The first kappa shape index (κ1) is 8.50. The number of hydrogen-bond donors (Lipinski definition) is 0. The van der Waals surface area contributed by atoms with Crippen molar-refractivity contribution in [2.75, 3.05) is 6.61 Å². The lowest BCUT2D eigenvalue weighted by Gasteiger charge is -1.98. The van der Waals surface area contributed by atoms with E-state index in [9.17, 15) is 4.79 Å². The lowest BCUT2D eigenvalue weighted by Crippen LogP contribution is -2.03. The summed E-state index contributed by atoms with van der Waals surface area (Å²) in [4.78, 5) is 10.4. The van der Waals surface area contributed by atoms with Crippen LogP contribution in [0.25, 0.3) is 0 Å². The second-order valence-corrected chi connectivity index (χ2v) is 1.85. The van der Waals surface area contributed by atoms with E-state index in [0.717, 1.165) is 0 Å². The normalized spacial score (nSPS) is 8.67. The standard InChI is InChI=1S/C6H8ClO2/c1-3-4-9-6(8)5(2)7/h1-4H2. The summed E-state index contributed by atoms with van der Waals surface area (Å²) in [5, 5.41) is -0.0940. The number of halogens is 1. The molecular formula is C6H8ClO2. The second kappa shape index (κ2) is 4.39. The molecule has 51 valence electrons. The van der Waals surface area contributed by atoms with E-state index in [4.69, 9.17) is 11.6 Å². The van der Waals surface area contributed by atoms with Gasteiger partial charge in [-0.25, -0.2) is 4.79 Å². The summed E-state index contributed by atoms with van der Waals surface area (Å²) in [5.74, 6) is -0.569. The molecule has 0 aliphatic rings. The van der Waals surface area contributed by atoms with E-state index in [2.05, 4.69) is 18.2 Å². The smallest absolute Gasteiger partial charge is 0.349 e. The first-order valence-corrected chi connectivity index (χ1v) is 2.87. The van der Waals surface area contributed by atoms with Crippen molar-refractivity contribution in [3.8, 4) is 0 Å². The van der Waals surface area contributed by atoms with Gasteiger partial charge >= 0.3 is 5.97 Å². The van der Waals surface area contributed by atoms with Crippen LogP contribution in [0, 0.1) is 6.92 Å². The van der Waals surface area contributed by atoms with Gasteiger partial charge in [0.1, 0.15) is 5.03 Å². The van der Waals surface area contributed by atoms with E-state index in [1.807, 2.05) is 0 Å². The van der Waals surface area contributed by atoms with Crippen LogP contribution in [0.4, 0.5) is 0 Å². The molecule has 0 amide bonds. The third-order valence-electron chi connectivity index (χ3n) is 0.599. The molecule has 0 spiro atoms. The van der Waals surface area contributed by atoms with Gasteiger partial charge in [0.15, 0.2) is 0 Å². The molecule has 0 aliphatic carbocycles. The van der Waals surface area contributed by atoms with Crippen LogP contribution in [-0.2, 0) is 9.53 Å². The number of rotatable bonds is 3. The molecule has 0 fully saturated rings. The van der Waals surface area contributed by atoms with E-state index < -0.39 is 5.97 Å². The first-order valence-electron chi connectivity index (χ1n) is 2.49. The molecule has 0 unspecified atom stereocenters. The number of carbonyl (C=O) groups excluding carboxylic acids is 1. The van der Waals surface area contributed by atoms with Gasteiger partial charge in [-0.2, -0.15) is 0 Å². The zero-order valence-corrected chi connectivity index (χ0v) is 5.78. The van der Waals surface area contributed by atoms with Crippen molar-refractivity contribution in [3.63, 3.8) is 0 Å². The fraction of sp³-hybridized carbons (Fsp3) is 0.333. The van der Waals surface area contributed by atoms with E-state index in [0.29, 0.717) is 13.0 Å². The van der Waals surface area contributed by atoms with E-state index in [1.54, 1.807) is 0 Å². The molecule has 0 aromatic carbocycles. The van der Waals surface area contributed by atoms with Crippen molar-refractivity contribution in [1.29, 1.82) is 0 Å². The average Bonchev–Trinajstić information content (AvgIpc) is 1.82. The summed E-state index contributed by atoms with van der Waals surface area (Å²) < 4.78 is 4.52. The minimum Gasteiger partial charge on any atom is -0.461 e. The quantitative estimate of drug-likeness (QED) is 0.447. The van der Waals surface area contributed by atoms with Gasteiger partial charge in [-0.05, 0) is 13.3 Å². The molecule has 1 radical (unpaired) electrons. The molecular weight excluding hydrogens is 140 g/mol. The summed E-state index contributed by atoms with van der Waals surface area (Å²) in [7, 11) is 0. The zero-order valence-electron chi connectivity index (χ0n) is 5.02. The Balaban J connectivity index is 3.39. The van der Waals surface area contributed by atoms with Crippen LogP contribution in [0.5, 0.6) is 0 Å². The van der Waals surface area contributed by atoms with Crippen LogP contribution in [0.3, 0.4) is 0 Å². The largest absolute Gasteiger partial charge is 0.461 e. The van der Waals surface area contributed by atoms with Crippen molar-refractivity contribution < 1.29 is 9.53 Å². The average molecular weight is 148 g/mol. The van der Waals surface area contributed by atoms with E-state index >= 15 is 0 Å². The minimum absolute atomic E-state index is 0.0940. The van der Waals surface area contributed by atoms with Gasteiger partial charge in [0.05, 0.1) is 6.61 Å². The molecule has 0 atom stereocenters. The Morgan fingerprint density at radius 1 is 1.67 bits per heavy atom. The lowest BCUT2D eigenvalue weighted by molar-refractivity contribution is -0.138. The molecule has 0 saturated carbocycles. The molecule has 0 heterocycles. The maximum Gasteiger partial charge on any atom is 0.349 e. The summed E-state index contributed by atoms with van der Waals surface area (Å²) in [6.45, 7) is 6.94. The van der Waals surface area contributed by atoms with Crippen LogP contribution in [0.15, 0.2) is 11.6 Å². The molecule has 0 aromatic rings. The Bertz CT molecular complexity index is 120. The predicted octanol–water partition coefficient (Wildman–Crippen LogP) is 1.51. The molecule has 3 heteroatoms. The summed E-state index contributed by atoms with van der Waals surface area (Å²) >= 11 is 5.17. The highest BCUT2D eigenvalue weighted by Gasteiger charge is 2.02. The number of esters is 1. The summed E-state index contributed by atoms with van der Waals surface area (Å²) in [6.07, 6.45) is 0.551. The highest BCUT2D eigenvalue weighted by molar-refractivity contribution is 6.40. The molecule has 0 N–H and O–H groups in total. The van der Waals surface area contributed by atoms with Crippen molar-refractivity contribution in [2.24, 2.45) is 0 Å². The highest BCUT2D eigenvalue weighted by Crippen LogP contribution is 1.99. The number of carbonyl (C=O) groups is 1. The summed E-state index contributed by atoms with van der Waals surface area (Å²) in [5.41, 5.74) is 0. The molecule has 0 aromatic heterocycles. The van der Waals surface area contributed by atoms with Crippen molar-refractivity contribution in [1.82, 2.24) is 0 Å². The Kier molecular flexibility index (Phi) is 4.14. The molecule has 2 nitrogen and oxygen atoms in total. The van der Waals surface area contributed by atoms with Gasteiger partial charge in [0.25, 0.3) is 0 Å². The molecule has 9 heavy (non-hydrogen) atoms. The lowest BCUT2D eigenvalue weighted by atomic mass is 10.5. The van der Waals surface area contributed by atoms with Crippen molar-refractivity contribution >= 4 is 17.6 Å². The number of hydrogen-bond acceptors (Lipinski definition) is 2. The van der Waals surface area contributed by atoms with Gasteiger partial charge in [-0.3, -0.25) is 0 Å². The van der Waals surface area contributed by atoms with Crippen LogP contribution in [0.2, 0.25) is 0 Å². The maximum atomic E-state index is 10.4. The van der Waals surface area contributed by atoms with Crippen LogP contribution >= 0.6 is 11.6 Å². The third-order valence-corrected chi connectivity index (χ3v) is 0.753. The first-order chi connectivity index (χ1) is 4.18. The van der Waals surface area contributed by atoms with Crippen molar-refractivity contribution in [3.05, 3.63) is 18.5 Å². The fourth-order valence-corrected chi connectivity index (χ4v) is 0.298. The molecule has 0 aliphatic heterocycles. The van der Waals surface area contributed by atoms with Crippen LogP contribution in [-0.4, -0.2) is 12.6 Å². The van der Waals surface area contributed by atoms with Gasteiger partial charge in [-0.15, -0.1) is 0 Å². The van der Waals surface area contributed by atoms with Crippen LogP contribution < -0.4 is 0 Å². The molecule has 0 saturated heterocycles. The second-order valence-electron chi connectivity index (χ2n) is 1.39. The minimum atomic E-state index is -0.569. The topological polar surface area (TPSA) is 26.3 Å². The van der Waals surface area contributed by atoms with Crippen LogP contribution in [0.1, 0.15) is 6.42 Å². The van der Waals surface area contributed by atoms with E-state index in [-0.39, 0.29) is 5.03 Å². The molecule has 0 bridgehead atoms. The summed E-state index contributed by atoms with van der Waals surface area (Å²) in [6, 6.07) is 0. The van der Waals surface area contributed by atoms with Crippen molar-refractivity contribution in [2.45, 2.75) is 6.42 Å². The Labute approximate surface area is 59.5 Å². The van der Waals surface area contributed by atoms with Gasteiger partial charge < -0.3 is 4.74 Å². The van der Waals surface area contributed by atoms with Gasteiger partial charge in [0, 0.05) is 0 Å². The Hall–Kier alpha value is -0.500. The number of ether oxygens (including phenoxy) is 1. The SMILES string of the molecule is [CH2]CCOC(=O)C(=C)Cl. The monoisotopic (exact) mass is 147 g/mol. The van der Waals surface area contributed by atoms with E-state index in [1.165, 1.54) is 0 Å². The zero-order chi connectivity index (χ0) is 7.28. The van der Waals surface area contributed by atoms with Gasteiger partial charge in [0.2, 0.25) is 0 Å². The van der Waals surface area contributed by atoms with Gasteiger partial charge in [-0.1, -0.05) is 18.2 Å². The Morgan fingerprint density at radius 3 is 2.56 bits per heavy atom. The Morgan fingerprint density at radius 2 is 2.22 bits per heavy atom. The predicted molar refractivity (Wildman–Crippen MR) is 35.9 cm³/mol.